The number of oxime groups is 1. The summed E-state index contributed by atoms with van der Waals surface area (Å²) in [7, 11) is 2.96. The number of hydrogen-bond acceptors (Lipinski definition) is 5. The van der Waals surface area contributed by atoms with Crippen LogP contribution in [-0.2, 0) is 24.8 Å². The topological polar surface area (TPSA) is 68.2 Å². The van der Waals surface area contributed by atoms with Crippen LogP contribution < -0.4 is 4.90 Å². The monoisotopic (exact) mass is 336 g/mol. The molecular weight excluding hydrogens is 320 g/mol. The van der Waals surface area contributed by atoms with Crippen LogP contribution in [0, 0.1) is 5.92 Å². The molecule has 25 heavy (non-hydrogen) atoms. The second-order valence-electron chi connectivity index (χ2n) is 6.01. The first-order valence-corrected chi connectivity index (χ1v) is 7.88. The molecule has 2 aromatic carbocycles. The Morgan fingerprint density at radius 2 is 1.84 bits per heavy atom. The SMILES string of the molecule is COC(=O)[C@@H]1C(c2ccccc2)=NO[C@@]12C(=O)N(C)c1ccccc12. The third-order valence-electron chi connectivity index (χ3n) is 4.76. The van der Waals surface area contributed by atoms with Crippen molar-refractivity contribution >= 4 is 23.3 Å². The lowest BCUT2D eigenvalue weighted by molar-refractivity contribution is -0.160. The highest BCUT2D eigenvalue weighted by molar-refractivity contribution is 6.20. The average Bonchev–Trinajstić information content (AvgIpc) is 3.16. The fourth-order valence-electron chi connectivity index (χ4n) is 3.56. The number of esters is 1. The number of fused-ring (bicyclic) bond motifs is 2. The number of carbonyl (C=O) groups excluding carboxylic acids is 2. The lowest BCUT2D eigenvalue weighted by Gasteiger charge is -2.26. The second-order valence-corrected chi connectivity index (χ2v) is 6.01. The van der Waals surface area contributed by atoms with Crippen molar-refractivity contribution in [3.05, 3.63) is 65.7 Å². The molecular formula is C19H16N2O4. The number of ether oxygens (including phenoxy) is 1. The zero-order valence-electron chi connectivity index (χ0n) is 13.8. The number of carbonyl (C=O) groups is 2. The van der Waals surface area contributed by atoms with E-state index in [0.29, 0.717) is 17.0 Å². The van der Waals surface area contributed by atoms with Crippen molar-refractivity contribution in [3.8, 4) is 0 Å². The van der Waals surface area contributed by atoms with E-state index in [0.717, 1.165) is 5.56 Å². The fraction of sp³-hybridized carbons (Fsp3) is 0.211. The molecule has 0 aromatic heterocycles. The summed E-state index contributed by atoms with van der Waals surface area (Å²) >= 11 is 0. The molecule has 6 nitrogen and oxygen atoms in total. The Balaban J connectivity index is 1.92. The van der Waals surface area contributed by atoms with E-state index in [1.807, 2.05) is 48.5 Å². The summed E-state index contributed by atoms with van der Waals surface area (Å²) in [5.74, 6) is -1.86. The van der Waals surface area contributed by atoms with E-state index < -0.39 is 17.5 Å². The van der Waals surface area contributed by atoms with Crippen LogP contribution in [0.4, 0.5) is 5.69 Å². The van der Waals surface area contributed by atoms with Gasteiger partial charge in [-0.2, -0.15) is 0 Å². The molecule has 6 heteroatoms. The quantitative estimate of drug-likeness (QED) is 0.788. The minimum Gasteiger partial charge on any atom is -0.468 e. The number of amides is 1. The number of methoxy groups -OCH3 is 1. The first kappa shape index (κ1) is 15.4. The van der Waals surface area contributed by atoms with Crippen molar-refractivity contribution in [1.29, 1.82) is 0 Å². The van der Waals surface area contributed by atoms with Gasteiger partial charge < -0.3 is 14.5 Å². The lowest BCUT2D eigenvalue weighted by atomic mass is 9.78. The predicted octanol–water partition coefficient (Wildman–Crippen LogP) is 2.08. The van der Waals surface area contributed by atoms with Gasteiger partial charge in [-0.15, -0.1) is 0 Å². The van der Waals surface area contributed by atoms with Crippen molar-refractivity contribution in [2.24, 2.45) is 11.1 Å². The number of likely N-dealkylation sites (N-methyl/N-ethyl adjacent to an activating group) is 1. The maximum atomic E-state index is 13.1. The summed E-state index contributed by atoms with van der Waals surface area (Å²) in [6.07, 6.45) is 0. The van der Waals surface area contributed by atoms with Gasteiger partial charge in [0.2, 0.25) is 0 Å². The molecule has 2 heterocycles. The molecule has 0 unspecified atom stereocenters. The van der Waals surface area contributed by atoms with E-state index in [1.54, 1.807) is 13.1 Å². The largest absolute Gasteiger partial charge is 0.468 e. The Hall–Kier alpha value is -3.15. The lowest BCUT2D eigenvalue weighted by Crippen LogP contribution is -2.49. The molecule has 0 radical (unpaired) electrons. The van der Waals surface area contributed by atoms with Crippen molar-refractivity contribution in [3.63, 3.8) is 0 Å². The minimum absolute atomic E-state index is 0.334. The Kier molecular flexibility index (Phi) is 3.35. The number of hydrogen-bond donors (Lipinski definition) is 0. The van der Waals surface area contributed by atoms with E-state index in [-0.39, 0.29) is 5.91 Å². The Morgan fingerprint density at radius 3 is 2.56 bits per heavy atom. The third-order valence-corrected chi connectivity index (χ3v) is 4.76. The van der Waals surface area contributed by atoms with Crippen LogP contribution in [0.1, 0.15) is 11.1 Å². The zero-order chi connectivity index (χ0) is 17.6. The number of para-hydroxylation sites is 1. The molecule has 0 aliphatic carbocycles. The molecule has 1 amide bonds. The Morgan fingerprint density at radius 1 is 1.16 bits per heavy atom. The summed E-state index contributed by atoms with van der Waals surface area (Å²) in [5.41, 5.74) is 0.905. The molecule has 0 fully saturated rings. The summed E-state index contributed by atoms with van der Waals surface area (Å²) < 4.78 is 5.00. The fourth-order valence-corrected chi connectivity index (χ4v) is 3.56. The zero-order valence-corrected chi connectivity index (χ0v) is 13.8. The maximum Gasteiger partial charge on any atom is 0.320 e. The number of benzene rings is 2. The normalized spacial score (nSPS) is 24.1. The number of rotatable bonds is 2. The molecule has 2 atom stereocenters. The first-order valence-electron chi connectivity index (χ1n) is 7.88. The molecule has 1 spiro atoms. The van der Waals surface area contributed by atoms with Crippen molar-refractivity contribution in [2.45, 2.75) is 5.60 Å². The van der Waals surface area contributed by atoms with Gasteiger partial charge in [0, 0.05) is 18.2 Å². The molecule has 2 aliphatic heterocycles. The first-order chi connectivity index (χ1) is 12.1. The Labute approximate surface area is 144 Å². The average molecular weight is 336 g/mol. The standard InChI is InChI=1S/C19H16N2O4/c1-21-14-11-7-6-10-13(14)19(18(21)23)15(17(22)24-2)16(20-25-19)12-8-4-3-5-9-12/h3-11,15H,1-2H3/t15-,19+/m0/s1. The van der Waals surface area contributed by atoms with E-state index >= 15 is 0 Å². The number of nitrogens with zero attached hydrogens (tertiary/aromatic N) is 2. The third kappa shape index (κ3) is 1.94. The van der Waals surface area contributed by atoms with Crippen LogP contribution >= 0.6 is 0 Å². The van der Waals surface area contributed by atoms with Gasteiger partial charge in [-0.1, -0.05) is 53.7 Å². The molecule has 0 saturated heterocycles. The Bertz CT molecular complexity index is 893. The van der Waals surface area contributed by atoms with Crippen LogP contribution in [0.3, 0.4) is 0 Å². The van der Waals surface area contributed by atoms with Gasteiger partial charge >= 0.3 is 5.97 Å². The van der Waals surface area contributed by atoms with Gasteiger partial charge in [0.05, 0.1) is 12.8 Å². The van der Waals surface area contributed by atoms with E-state index in [4.69, 9.17) is 9.57 Å². The van der Waals surface area contributed by atoms with Gasteiger partial charge in [-0.25, -0.2) is 0 Å². The maximum absolute atomic E-state index is 13.1. The highest BCUT2D eigenvalue weighted by Gasteiger charge is 2.65. The summed E-state index contributed by atoms with van der Waals surface area (Å²) in [4.78, 5) is 33.0. The summed E-state index contributed by atoms with van der Waals surface area (Å²) in [6, 6.07) is 16.5. The van der Waals surface area contributed by atoms with Crippen LogP contribution in [0.25, 0.3) is 0 Å². The molecule has 4 rings (SSSR count). The van der Waals surface area contributed by atoms with Gasteiger partial charge in [0.15, 0.2) is 5.92 Å². The van der Waals surface area contributed by atoms with E-state index in [9.17, 15) is 9.59 Å². The molecule has 2 aliphatic rings. The van der Waals surface area contributed by atoms with Crippen LogP contribution in [-0.4, -0.2) is 31.7 Å². The van der Waals surface area contributed by atoms with E-state index in [2.05, 4.69) is 5.16 Å². The molecule has 0 saturated carbocycles. The van der Waals surface area contributed by atoms with Crippen LogP contribution in [0.15, 0.2) is 59.8 Å². The van der Waals surface area contributed by atoms with Gasteiger partial charge in [0.25, 0.3) is 11.5 Å². The van der Waals surface area contributed by atoms with Crippen LogP contribution in [0.2, 0.25) is 0 Å². The predicted molar refractivity (Wildman–Crippen MR) is 91.1 cm³/mol. The second kappa shape index (κ2) is 5.44. The van der Waals surface area contributed by atoms with Crippen molar-refractivity contribution < 1.29 is 19.2 Å². The molecule has 0 N–H and O–H groups in total. The van der Waals surface area contributed by atoms with Crippen molar-refractivity contribution in [2.75, 3.05) is 19.1 Å². The highest BCUT2D eigenvalue weighted by atomic mass is 16.7. The van der Waals surface area contributed by atoms with Crippen LogP contribution in [0.5, 0.6) is 0 Å². The smallest absolute Gasteiger partial charge is 0.320 e. The minimum atomic E-state index is -1.52. The summed E-state index contributed by atoms with van der Waals surface area (Å²) in [6.45, 7) is 0. The molecule has 2 aromatic rings. The summed E-state index contributed by atoms with van der Waals surface area (Å²) in [5, 5.41) is 4.14. The van der Waals surface area contributed by atoms with E-state index in [1.165, 1.54) is 12.0 Å². The molecule has 0 bridgehead atoms. The molecule has 126 valence electrons. The van der Waals surface area contributed by atoms with Gasteiger partial charge in [-0.3, -0.25) is 9.59 Å². The van der Waals surface area contributed by atoms with Gasteiger partial charge in [0.1, 0.15) is 5.71 Å². The van der Waals surface area contributed by atoms with Crippen molar-refractivity contribution in [1.82, 2.24) is 0 Å². The highest BCUT2D eigenvalue weighted by Crippen LogP contribution is 2.51. The number of anilines is 1. The van der Waals surface area contributed by atoms with Gasteiger partial charge in [-0.05, 0) is 6.07 Å².